The number of anilines is 2. The van der Waals surface area contributed by atoms with Crippen LogP contribution in [0, 0.1) is 6.92 Å². The second kappa shape index (κ2) is 9.85. The number of halogens is 3. The Morgan fingerprint density at radius 1 is 1.13 bits per heavy atom. The third kappa shape index (κ3) is 4.43. The van der Waals surface area contributed by atoms with E-state index in [1.165, 1.54) is 17.0 Å². The number of urea groups is 1. The van der Waals surface area contributed by atoms with Gasteiger partial charge in [-0.05, 0) is 49.9 Å². The Balaban J connectivity index is 1.43. The van der Waals surface area contributed by atoms with E-state index in [2.05, 4.69) is 15.0 Å². The quantitative estimate of drug-likeness (QED) is 0.448. The molecule has 2 aromatic heterocycles. The number of rotatable bonds is 5. The van der Waals surface area contributed by atoms with E-state index in [0.29, 0.717) is 37.5 Å². The molecule has 0 spiro atoms. The zero-order chi connectivity index (χ0) is 27.2. The van der Waals surface area contributed by atoms with Gasteiger partial charge in [-0.15, -0.1) is 0 Å². The number of ether oxygens (including phenoxy) is 1. The molecule has 2 amide bonds. The maximum absolute atomic E-state index is 14.0. The molecule has 1 unspecified atom stereocenters. The summed E-state index contributed by atoms with van der Waals surface area (Å²) in [5.41, 5.74) is 2.68. The number of piperidine rings is 1. The summed E-state index contributed by atoms with van der Waals surface area (Å²) < 4.78 is 48.4. The van der Waals surface area contributed by atoms with Gasteiger partial charge in [-0.2, -0.15) is 18.3 Å². The number of carbonyl (C=O) groups is 1. The predicted molar refractivity (Wildman–Crippen MR) is 137 cm³/mol. The van der Waals surface area contributed by atoms with E-state index in [1.54, 1.807) is 37.3 Å². The van der Waals surface area contributed by atoms with Crippen molar-refractivity contribution >= 4 is 17.4 Å². The topological polar surface area (TPSA) is 66.7 Å². The summed E-state index contributed by atoms with van der Waals surface area (Å²) in [6, 6.07) is 6.69. The van der Waals surface area contributed by atoms with Gasteiger partial charge in [-0.25, -0.2) is 9.78 Å². The SMILES string of the molecule is COc1nccc(C)c1N1CCC(N2C(=O)N(Cc3ccccc3C(F)(F)F)c3cnn(C)c3C2C)CC1. The van der Waals surface area contributed by atoms with Crippen LogP contribution in [0.4, 0.5) is 29.3 Å². The monoisotopic (exact) mass is 528 g/mol. The van der Waals surface area contributed by atoms with Crippen molar-refractivity contribution in [1.29, 1.82) is 0 Å². The van der Waals surface area contributed by atoms with Crippen molar-refractivity contribution in [2.24, 2.45) is 7.05 Å². The lowest BCUT2D eigenvalue weighted by Crippen LogP contribution is -2.55. The number of amides is 2. The van der Waals surface area contributed by atoms with Crippen molar-refractivity contribution in [3.05, 3.63) is 65.1 Å². The highest BCUT2D eigenvalue weighted by molar-refractivity contribution is 5.95. The Labute approximate surface area is 219 Å². The minimum atomic E-state index is -4.52. The average molecular weight is 529 g/mol. The average Bonchev–Trinajstić information content (AvgIpc) is 3.28. The number of aryl methyl sites for hydroxylation is 2. The van der Waals surface area contributed by atoms with Crippen molar-refractivity contribution in [3.8, 4) is 5.88 Å². The first-order valence-corrected chi connectivity index (χ1v) is 12.6. The number of pyridine rings is 1. The molecule has 1 fully saturated rings. The van der Waals surface area contributed by atoms with Crippen LogP contribution in [0.5, 0.6) is 5.88 Å². The van der Waals surface area contributed by atoms with Gasteiger partial charge in [0.1, 0.15) is 5.69 Å². The summed E-state index contributed by atoms with van der Waals surface area (Å²) in [6.07, 6.45) is 0.173. The van der Waals surface area contributed by atoms with E-state index >= 15 is 0 Å². The summed E-state index contributed by atoms with van der Waals surface area (Å²) in [7, 11) is 3.40. The van der Waals surface area contributed by atoms with Gasteiger partial charge < -0.3 is 14.5 Å². The van der Waals surface area contributed by atoms with E-state index in [4.69, 9.17) is 4.74 Å². The number of carbonyl (C=O) groups excluding carboxylic acids is 1. The zero-order valence-electron chi connectivity index (χ0n) is 21.9. The largest absolute Gasteiger partial charge is 0.480 e. The first kappa shape index (κ1) is 25.9. The molecule has 0 bridgehead atoms. The highest BCUT2D eigenvalue weighted by Crippen LogP contribution is 2.42. The van der Waals surface area contributed by atoms with Crippen LogP contribution in [0.3, 0.4) is 0 Å². The summed E-state index contributed by atoms with van der Waals surface area (Å²) in [6.45, 7) is 5.17. The molecule has 1 atom stereocenters. The molecule has 3 aromatic rings. The third-order valence-corrected chi connectivity index (χ3v) is 7.63. The molecule has 0 aliphatic carbocycles. The van der Waals surface area contributed by atoms with Gasteiger partial charge in [-0.3, -0.25) is 9.58 Å². The molecule has 0 saturated carbocycles. The maximum Gasteiger partial charge on any atom is 0.416 e. The van der Waals surface area contributed by atoms with Crippen molar-refractivity contribution in [2.45, 2.75) is 51.5 Å². The summed E-state index contributed by atoms with van der Waals surface area (Å²) in [5.74, 6) is 0.569. The summed E-state index contributed by atoms with van der Waals surface area (Å²) in [5, 5.41) is 4.35. The number of benzene rings is 1. The van der Waals surface area contributed by atoms with E-state index in [9.17, 15) is 18.0 Å². The lowest BCUT2D eigenvalue weighted by molar-refractivity contribution is -0.138. The molecule has 1 saturated heterocycles. The number of hydrogen-bond donors (Lipinski definition) is 0. The standard InChI is InChI=1S/C27H31F3N6O2/c1-17-9-12-31-25(38-4)23(17)34-13-10-20(11-14-34)36-18(2)24-22(15-32-33(24)3)35(26(36)37)16-19-7-5-6-8-21(19)27(28,29)30/h5-9,12,15,18,20H,10-11,13-14,16H2,1-4H3. The number of nitrogens with zero attached hydrogens (tertiary/aromatic N) is 6. The molecule has 0 N–H and O–H groups in total. The summed E-state index contributed by atoms with van der Waals surface area (Å²) >= 11 is 0. The van der Waals surface area contributed by atoms with E-state index in [0.717, 1.165) is 23.0 Å². The molecular weight excluding hydrogens is 497 g/mol. The van der Waals surface area contributed by atoms with Crippen LogP contribution in [0.1, 0.15) is 48.2 Å². The van der Waals surface area contributed by atoms with Crippen LogP contribution in [0.25, 0.3) is 0 Å². The van der Waals surface area contributed by atoms with Crippen LogP contribution < -0.4 is 14.5 Å². The number of aromatic nitrogens is 3. The fourth-order valence-corrected chi connectivity index (χ4v) is 5.83. The second-order valence-corrected chi connectivity index (χ2v) is 9.85. The van der Waals surface area contributed by atoms with Gasteiger partial charge in [0.25, 0.3) is 0 Å². The molecule has 38 heavy (non-hydrogen) atoms. The molecule has 202 valence electrons. The van der Waals surface area contributed by atoms with Crippen molar-refractivity contribution < 1.29 is 22.7 Å². The van der Waals surface area contributed by atoms with Gasteiger partial charge >= 0.3 is 12.2 Å². The van der Waals surface area contributed by atoms with Crippen LogP contribution in [0.2, 0.25) is 0 Å². The highest BCUT2D eigenvalue weighted by atomic mass is 19.4. The Morgan fingerprint density at radius 2 is 1.84 bits per heavy atom. The Morgan fingerprint density at radius 3 is 2.53 bits per heavy atom. The predicted octanol–water partition coefficient (Wildman–Crippen LogP) is 5.32. The first-order chi connectivity index (χ1) is 18.1. The smallest absolute Gasteiger partial charge is 0.416 e. The highest BCUT2D eigenvalue weighted by Gasteiger charge is 2.43. The van der Waals surface area contributed by atoms with Gasteiger partial charge in [0, 0.05) is 32.4 Å². The molecule has 5 rings (SSSR count). The Kier molecular flexibility index (Phi) is 6.70. The van der Waals surface area contributed by atoms with Crippen molar-refractivity contribution in [3.63, 3.8) is 0 Å². The van der Waals surface area contributed by atoms with Crippen LogP contribution in [-0.2, 0) is 19.8 Å². The van der Waals surface area contributed by atoms with Gasteiger partial charge in [-0.1, -0.05) is 18.2 Å². The minimum absolute atomic E-state index is 0.0478. The molecule has 2 aliphatic heterocycles. The lowest BCUT2D eigenvalue weighted by Gasteiger charge is -2.47. The molecule has 2 aliphatic rings. The number of hydrogen-bond acceptors (Lipinski definition) is 5. The molecule has 0 radical (unpaired) electrons. The maximum atomic E-state index is 14.0. The number of methoxy groups -OCH3 is 1. The normalized spacial score (nSPS) is 18.7. The van der Waals surface area contributed by atoms with Gasteiger partial charge in [0.15, 0.2) is 0 Å². The van der Waals surface area contributed by atoms with E-state index < -0.39 is 11.7 Å². The van der Waals surface area contributed by atoms with E-state index in [1.807, 2.05) is 24.8 Å². The summed E-state index contributed by atoms with van der Waals surface area (Å²) in [4.78, 5) is 23.8. The lowest BCUT2D eigenvalue weighted by atomic mass is 9.97. The van der Waals surface area contributed by atoms with Crippen molar-refractivity contribution in [2.75, 3.05) is 30.0 Å². The molecular formula is C27H31F3N6O2. The fraction of sp³-hybridized carbons (Fsp3) is 0.444. The van der Waals surface area contributed by atoms with Crippen molar-refractivity contribution in [1.82, 2.24) is 19.7 Å². The molecule has 11 heteroatoms. The van der Waals surface area contributed by atoms with Crippen LogP contribution in [-0.4, -0.2) is 51.9 Å². The Bertz CT molecular complexity index is 1330. The van der Waals surface area contributed by atoms with Gasteiger partial charge in [0.05, 0.1) is 42.8 Å². The Hall–Kier alpha value is -3.76. The molecule has 8 nitrogen and oxygen atoms in total. The third-order valence-electron chi connectivity index (χ3n) is 7.63. The van der Waals surface area contributed by atoms with Crippen LogP contribution in [0.15, 0.2) is 42.7 Å². The van der Waals surface area contributed by atoms with E-state index in [-0.39, 0.29) is 30.2 Å². The van der Waals surface area contributed by atoms with Gasteiger partial charge in [0.2, 0.25) is 5.88 Å². The fourth-order valence-electron chi connectivity index (χ4n) is 5.83. The van der Waals surface area contributed by atoms with Crippen LogP contribution >= 0.6 is 0 Å². The first-order valence-electron chi connectivity index (χ1n) is 12.6. The second-order valence-electron chi connectivity index (χ2n) is 9.85. The zero-order valence-corrected chi connectivity index (χ0v) is 21.9. The number of fused-ring (bicyclic) bond motifs is 1. The molecule has 1 aromatic carbocycles. The minimum Gasteiger partial charge on any atom is -0.480 e. The molecule has 4 heterocycles. The number of alkyl halides is 3.